The summed E-state index contributed by atoms with van der Waals surface area (Å²) in [6.45, 7) is 3.22. The second-order valence-corrected chi connectivity index (χ2v) is 9.14. The smallest absolute Gasteiger partial charge is 0.257 e. The molecule has 0 aliphatic carbocycles. The molecule has 0 radical (unpaired) electrons. The van der Waals surface area contributed by atoms with Crippen molar-refractivity contribution >= 4 is 23.4 Å². The second-order valence-electron chi connectivity index (χ2n) is 8.70. The molecule has 0 bridgehead atoms. The lowest BCUT2D eigenvalue weighted by Gasteiger charge is -2.35. The van der Waals surface area contributed by atoms with Gasteiger partial charge in [-0.15, -0.1) is 0 Å². The third kappa shape index (κ3) is 4.86. The molecule has 2 aromatic carbocycles. The van der Waals surface area contributed by atoms with Gasteiger partial charge in [0.25, 0.3) is 11.8 Å². The van der Waals surface area contributed by atoms with Gasteiger partial charge in [-0.1, -0.05) is 54.1 Å². The fourth-order valence-corrected chi connectivity index (χ4v) is 4.65. The molecule has 0 N–H and O–H groups in total. The van der Waals surface area contributed by atoms with Crippen molar-refractivity contribution in [3.63, 3.8) is 0 Å². The standard InChI is InChI=1S/C26H27ClN4O3/c27-21-10-8-20(9-11-21)24-22(18-31(28-24)17-19-5-2-1-3-6-19)25(32)29-12-14-30(15-13-29)26(33)23-7-4-16-34-23/h1-3,5-6,8-11,18,23H,4,7,12-17H2. The summed E-state index contributed by atoms with van der Waals surface area (Å²) in [5, 5.41) is 5.39. The number of aromatic nitrogens is 2. The molecule has 3 heterocycles. The fraction of sp³-hybridized carbons (Fsp3) is 0.346. The van der Waals surface area contributed by atoms with E-state index >= 15 is 0 Å². The molecule has 5 rings (SSSR count). The number of hydrogen-bond acceptors (Lipinski definition) is 4. The normalized spacial score (nSPS) is 18.3. The average molecular weight is 479 g/mol. The van der Waals surface area contributed by atoms with Crippen molar-refractivity contribution in [1.29, 1.82) is 0 Å². The van der Waals surface area contributed by atoms with Crippen molar-refractivity contribution in [2.24, 2.45) is 0 Å². The molecular weight excluding hydrogens is 452 g/mol. The maximum atomic E-state index is 13.6. The molecule has 2 fully saturated rings. The third-order valence-electron chi connectivity index (χ3n) is 6.38. The first-order valence-corrected chi connectivity index (χ1v) is 12.0. The third-order valence-corrected chi connectivity index (χ3v) is 6.63. The van der Waals surface area contributed by atoms with Gasteiger partial charge in [0.1, 0.15) is 11.8 Å². The summed E-state index contributed by atoms with van der Waals surface area (Å²) in [6, 6.07) is 17.4. The number of ether oxygens (including phenoxy) is 1. The Bertz CT molecular complexity index is 1150. The molecule has 3 aromatic rings. The summed E-state index contributed by atoms with van der Waals surface area (Å²) < 4.78 is 7.35. The Balaban J connectivity index is 1.35. The fourth-order valence-electron chi connectivity index (χ4n) is 4.53. The van der Waals surface area contributed by atoms with E-state index in [0.29, 0.717) is 55.6 Å². The topological polar surface area (TPSA) is 67.7 Å². The van der Waals surface area contributed by atoms with Crippen LogP contribution in [-0.4, -0.2) is 70.3 Å². The van der Waals surface area contributed by atoms with Gasteiger partial charge < -0.3 is 14.5 Å². The van der Waals surface area contributed by atoms with E-state index in [0.717, 1.165) is 24.0 Å². The first-order valence-electron chi connectivity index (χ1n) is 11.7. The van der Waals surface area contributed by atoms with Crippen LogP contribution in [0.15, 0.2) is 60.8 Å². The summed E-state index contributed by atoms with van der Waals surface area (Å²) in [4.78, 5) is 29.9. The van der Waals surface area contributed by atoms with E-state index in [-0.39, 0.29) is 17.9 Å². The molecule has 7 nitrogen and oxygen atoms in total. The summed E-state index contributed by atoms with van der Waals surface area (Å²) in [5.41, 5.74) is 3.13. The highest BCUT2D eigenvalue weighted by Gasteiger charge is 2.32. The van der Waals surface area contributed by atoms with Crippen LogP contribution in [0, 0.1) is 0 Å². The number of halogens is 1. The molecule has 0 spiro atoms. The van der Waals surface area contributed by atoms with Gasteiger partial charge in [0.2, 0.25) is 0 Å². The van der Waals surface area contributed by atoms with Crippen LogP contribution < -0.4 is 0 Å². The van der Waals surface area contributed by atoms with E-state index < -0.39 is 0 Å². The van der Waals surface area contributed by atoms with Crippen LogP contribution in [0.2, 0.25) is 5.02 Å². The Morgan fingerprint density at radius 1 is 0.971 bits per heavy atom. The molecule has 1 atom stereocenters. The number of hydrogen-bond donors (Lipinski definition) is 0. The van der Waals surface area contributed by atoms with Gasteiger partial charge in [-0.3, -0.25) is 14.3 Å². The molecule has 2 amide bonds. The van der Waals surface area contributed by atoms with Crippen LogP contribution in [0.25, 0.3) is 11.3 Å². The highest BCUT2D eigenvalue weighted by molar-refractivity contribution is 6.30. The van der Waals surface area contributed by atoms with Gasteiger partial charge in [0.15, 0.2) is 0 Å². The Labute approximate surface area is 203 Å². The number of carbonyl (C=O) groups is 2. The minimum Gasteiger partial charge on any atom is -0.368 e. The summed E-state index contributed by atoms with van der Waals surface area (Å²) in [6.07, 6.45) is 3.21. The SMILES string of the molecule is O=C(c1cn(Cc2ccccc2)nc1-c1ccc(Cl)cc1)N1CCN(C(=O)C2CCCO2)CC1. The summed E-state index contributed by atoms with van der Waals surface area (Å²) >= 11 is 6.08. The van der Waals surface area contributed by atoms with Crippen molar-refractivity contribution in [3.05, 3.63) is 76.9 Å². The van der Waals surface area contributed by atoms with Gasteiger partial charge in [-0.25, -0.2) is 0 Å². The predicted molar refractivity (Wildman–Crippen MR) is 130 cm³/mol. The molecule has 2 aliphatic rings. The Morgan fingerprint density at radius 3 is 2.35 bits per heavy atom. The van der Waals surface area contributed by atoms with Crippen molar-refractivity contribution in [2.75, 3.05) is 32.8 Å². The highest BCUT2D eigenvalue weighted by atomic mass is 35.5. The zero-order valence-corrected chi connectivity index (χ0v) is 19.7. The van der Waals surface area contributed by atoms with E-state index in [9.17, 15) is 9.59 Å². The minimum absolute atomic E-state index is 0.0436. The van der Waals surface area contributed by atoms with Gasteiger partial charge >= 0.3 is 0 Å². The summed E-state index contributed by atoms with van der Waals surface area (Å²) in [7, 11) is 0. The first-order chi connectivity index (χ1) is 16.6. The molecule has 1 aromatic heterocycles. The van der Waals surface area contributed by atoms with E-state index in [1.165, 1.54) is 0 Å². The van der Waals surface area contributed by atoms with Crippen molar-refractivity contribution in [2.45, 2.75) is 25.5 Å². The zero-order chi connectivity index (χ0) is 23.5. The van der Waals surface area contributed by atoms with Gasteiger partial charge in [0.05, 0.1) is 12.1 Å². The van der Waals surface area contributed by atoms with Gasteiger partial charge in [0, 0.05) is 49.6 Å². The number of carbonyl (C=O) groups excluding carboxylic acids is 2. The Hall–Kier alpha value is -3.16. The molecule has 2 aliphatic heterocycles. The number of nitrogens with zero attached hydrogens (tertiary/aromatic N) is 4. The quantitative estimate of drug-likeness (QED) is 0.560. The Kier molecular flexibility index (Phi) is 6.65. The maximum Gasteiger partial charge on any atom is 0.257 e. The molecule has 8 heteroatoms. The zero-order valence-electron chi connectivity index (χ0n) is 18.9. The lowest BCUT2D eigenvalue weighted by Crippen LogP contribution is -2.52. The monoisotopic (exact) mass is 478 g/mol. The van der Waals surface area contributed by atoms with Gasteiger partial charge in [-0.2, -0.15) is 5.10 Å². The van der Waals surface area contributed by atoms with Crippen molar-refractivity contribution < 1.29 is 14.3 Å². The van der Waals surface area contributed by atoms with Crippen LogP contribution in [-0.2, 0) is 16.1 Å². The van der Waals surface area contributed by atoms with Gasteiger partial charge in [-0.05, 0) is 30.5 Å². The minimum atomic E-state index is -0.324. The van der Waals surface area contributed by atoms with E-state index in [4.69, 9.17) is 21.4 Å². The number of piperazine rings is 1. The average Bonchev–Trinajstić information content (AvgIpc) is 3.55. The van der Waals surface area contributed by atoms with E-state index in [2.05, 4.69) is 0 Å². The first kappa shape index (κ1) is 22.6. The van der Waals surface area contributed by atoms with Crippen LogP contribution in [0.4, 0.5) is 0 Å². The molecular formula is C26H27ClN4O3. The molecule has 176 valence electrons. The molecule has 34 heavy (non-hydrogen) atoms. The summed E-state index contributed by atoms with van der Waals surface area (Å²) in [5.74, 6) is -0.0318. The largest absolute Gasteiger partial charge is 0.368 e. The molecule has 2 saturated heterocycles. The lowest BCUT2D eigenvalue weighted by atomic mass is 10.1. The number of benzene rings is 2. The maximum absolute atomic E-state index is 13.6. The van der Waals surface area contributed by atoms with Crippen LogP contribution >= 0.6 is 11.6 Å². The highest BCUT2D eigenvalue weighted by Crippen LogP contribution is 2.26. The number of amides is 2. The lowest BCUT2D eigenvalue weighted by molar-refractivity contribution is -0.142. The Morgan fingerprint density at radius 2 is 1.68 bits per heavy atom. The number of rotatable bonds is 5. The molecule has 0 saturated carbocycles. The van der Waals surface area contributed by atoms with E-state index in [1.54, 1.807) is 12.1 Å². The van der Waals surface area contributed by atoms with Crippen molar-refractivity contribution in [1.82, 2.24) is 19.6 Å². The predicted octanol–water partition coefficient (Wildman–Crippen LogP) is 3.72. The van der Waals surface area contributed by atoms with Crippen molar-refractivity contribution in [3.8, 4) is 11.3 Å². The molecule has 1 unspecified atom stereocenters. The van der Waals surface area contributed by atoms with E-state index in [1.807, 2.05) is 63.1 Å². The second kappa shape index (κ2) is 9.99. The van der Waals surface area contributed by atoms with Crippen LogP contribution in [0.3, 0.4) is 0 Å². The van der Waals surface area contributed by atoms with Crippen LogP contribution in [0.1, 0.15) is 28.8 Å². The van der Waals surface area contributed by atoms with Crippen LogP contribution in [0.5, 0.6) is 0 Å².